The molecule has 0 fully saturated rings. The van der Waals surface area contributed by atoms with Gasteiger partial charge >= 0.3 is 6.18 Å². The average Bonchev–Trinajstić information content (AvgIpc) is 3.12. The van der Waals surface area contributed by atoms with Crippen molar-refractivity contribution in [2.75, 3.05) is 5.32 Å². The number of carbonyl (C=O) groups excluding carboxylic acids is 3. The minimum Gasteiger partial charge on any atom is -0.342 e. The van der Waals surface area contributed by atoms with Crippen molar-refractivity contribution in [3.8, 4) is 0 Å². The molecule has 0 aliphatic carbocycles. The van der Waals surface area contributed by atoms with Gasteiger partial charge in [0.2, 0.25) is 5.91 Å². The smallest absolute Gasteiger partial charge is 0.342 e. The van der Waals surface area contributed by atoms with Crippen LogP contribution in [0.4, 0.5) is 27.8 Å². The van der Waals surface area contributed by atoms with Gasteiger partial charge in [-0.2, -0.15) is 13.2 Å². The summed E-state index contributed by atoms with van der Waals surface area (Å²) in [4.78, 5) is 41.4. The van der Waals surface area contributed by atoms with Crippen LogP contribution in [0.2, 0.25) is 5.02 Å². The number of carbonyl (C=O) groups is 3. The van der Waals surface area contributed by atoms with Crippen LogP contribution in [0.3, 0.4) is 0 Å². The summed E-state index contributed by atoms with van der Waals surface area (Å²) in [7, 11) is 0. The number of anilines is 1. The topological polar surface area (TPSA) is 93.1 Å². The molecule has 4 rings (SSSR count). The molecule has 1 aliphatic rings. The number of hydrogen-bond acceptors (Lipinski definition) is 4. The number of rotatable bonds is 4. The third-order valence-corrected chi connectivity index (χ3v) is 5.53. The molecule has 0 unspecified atom stereocenters. The predicted octanol–water partition coefficient (Wildman–Crippen LogP) is 4.51. The van der Waals surface area contributed by atoms with Crippen LogP contribution in [-0.4, -0.2) is 27.1 Å². The molecule has 2 N–H and O–H groups in total. The van der Waals surface area contributed by atoms with Gasteiger partial charge in [-0.05, 0) is 36.4 Å². The quantitative estimate of drug-likeness (QED) is 0.397. The van der Waals surface area contributed by atoms with Crippen LogP contribution in [0.1, 0.15) is 50.8 Å². The molecule has 0 radical (unpaired) electrons. The zero-order valence-corrected chi connectivity index (χ0v) is 18.4. The van der Waals surface area contributed by atoms with E-state index < -0.39 is 52.6 Å². The van der Waals surface area contributed by atoms with Gasteiger partial charge in [0.05, 0.1) is 17.3 Å². The van der Waals surface area contributed by atoms with Crippen molar-refractivity contribution < 1.29 is 36.3 Å². The van der Waals surface area contributed by atoms with Crippen LogP contribution in [-0.2, 0) is 17.5 Å². The SMILES string of the molecule is CC(=O)c1nc(NC(=O)c2cc(F)cc(C(F)(F)F)c2)c2n1CC(=O)N[C@H]2c1cc(F)ccc1Cl. The summed E-state index contributed by atoms with van der Waals surface area (Å²) in [6, 6.07) is 3.48. The second kappa shape index (κ2) is 8.77. The molecule has 0 saturated carbocycles. The highest BCUT2D eigenvalue weighted by Crippen LogP contribution is 2.36. The first-order valence-corrected chi connectivity index (χ1v) is 10.3. The lowest BCUT2D eigenvalue weighted by atomic mass is 10.0. The Balaban J connectivity index is 1.83. The second-order valence-electron chi connectivity index (χ2n) is 7.66. The molecule has 2 amide bonds. The van der Waals surface area contributed by atoms with Gasteiger partial charge in [-0.3, -0.25) is 14.4 Å². The number of hydrogen-bond donors (Lipinski definition) is 2. The predicted molar refractivity (Wildman–Crippen MR) is 113 cm³/mol. The fraction of sp³-hybridized carbons (Fsp3) is 0.182. The summed E-state index contributed by atoms with van der Waals surface area (Å²) in [5, 5.41) is 4.90. The monoisotopic (exact) mass is 512 g/mol. The Morgan fingerprint density at radius 1 is 1.14 bits per heavy atom. The van der Waals surface area contributed by atoms with Gasteiger partial charge in [-0.25, -0.2) is 13.8 Å². The number of alkyl halides is 3. The molecule has 13 heteroatoms. The first-order chi connectivity index (χ1) is 16.3. The van der Waals surface area contributed by atoms with Gasteiger partial charge in [0.1, 0.15) is 18.2 Å². The molecule has 3 aromatic rings. The number of benzene rings is 2. The van der Waals surface area contributed by atoms with E-state index in [0.29, 0.717) is 12.1 Å². The molecule has 0 bridgehead atoms. The van der Waals surface area contributed by atoms with Gasteiger partial charge in [-0.15, -0.1) is 0 Å². The summed E-state index contributed by atoms with van der Waals surface area (Å²) >= 11 is 6.19. The second-order valence-corrected chi connectivity index (χ2v) is 8.07. The number of ketones is 1. The fourth-order valence-electron chi connectivity index (χ4n) is 3.72. The van der Waals surface area contributed by atoms with Gasteiger partial charge in [0, 0.05) is 23.1 Å². The maximum atomic E-state index is 14.0. The molecule has 1 atom stereocenters. The Morgan fingerprint density at radius 2 is 1.86 bits per heavy atom. The summed E-state index contributed by atoms with van der Waals surface area (Å²) in [6.07, 6.45) is -4.91. The minimum absolute atomic E-state index is 0.0306. The minimum atomic E-state index is -4.91. The van der Waals surface area contributed by atoms with E-state index in [1.807, 2.05) is 0 Å². The lowest BCUT2D eigenvalue weighted by molar-refractivity contribution is -0.137. The highest BCUT2D eigenvalue weighted by molar-refractivity contribution is 6.31. The summed E-state index contributed by atoms with van der Waals surface area (Å²) in [5.41, 5.74) is -1.93. The first kappa shape index (κ1) is 24.3. The van der Waals surface area contributed by atoms with Crippen LogP contribution in [0, 0.1) is 11.6 Å². The molecule has 0 saturated heterocycles. The van der Waals surface area contributed by atoms with Crippen molar-refractivity contribution in [3.63, 3.8) is 0 Å². The Morgan fingerprint density at radius 3 is 2.51 bits per heavy atom. The Kier molecular flexibility index (Phi) is 6.09. The van der Waals surface area contributed by atoms with Crippen LogP contribution >= 0.6 is 11.6 Å². The molecule has 2 heterocycles. The molecular weight excluding hydrogens is 499 g/mol. The summed E-state index contributed by atoms with van der Waals surface area (Å²) < 4.78 is 68.2. The molecule has 0 spiro atoms. The lowest BCUT2D eigenvalue weighted by Gasteiger charge is -2.28. The fourth-order valence-corrected chi connectivity index (χ4v) is 3.95. The van der Waals surface area contributed by atoms with Crippen LogP contribution in [0.15, 0.2) is 36.4 Å². The summed E-state index contributed by atoms with van der Waals surface area (Å²) in [6.45, 7) is 0.773. The van der Waals surface area contributed by atoms with Crippen molar-refractivity contribution in [1.29, 1.82) is 0 Å². The maximum Gasteiger partial charge on any atom is 0.416 e. The molecular formula is C22H14ClF5N4O3. The van der Waals surface area contributed by atoms with Gasteiger partial charge in [0.15, 0.2) is 17.4 Å². The standard InChI is InChI=1S/C22H14ClF5N4O3/c1-9(33)20-30-19(31-21(35)10-4-11(22(26,27)28)6-13(25)5-10)18-17(29-16(34)8-32(18)20)14-7-12(24)2-3-15(14)23/h2-7,17H,8H2,1H3,(H,29,34)(H,31,35)/t17-/m0/s1. The number of aromatic nitrogens is 2. The third-order valence-electron chi connectivity index (χ3n) is 5.19. The number of halogens is 6. The van der Waals surface area contributed by atoms with E-state index in [2.05, 4.69) is 15.6 Å². The zero-order chi connectivity index (χ0) is 25.7. The number of Topliss-reactive ketones (excluding diaryl/α,β-unsaturated/α-hetero) is 1. The van der Waals surface area contributed by atoms with Crippen LogP contribution in [0.5, 0.6) is 0 Å². The number of imidazole rings is 1. The van der Waals surface area contributed by atoms with Crippen molar-refractivity contribution in [2.45, 2.75) is 25.7 Å². The van der Waals surface area contributed by atoms with Crippen molar-refractivity contribution in [1.82, 2.24) is 14.9 Å². The molecule has 35 heavy (non-hydrogen) atoms. The number of amides is 2. The van der Waals surface area contributed by atoms with Crippen LogP contribution in [0.25, 0.3) is 0 Å². The Bertz CT molecular complexity index is 1390. The normalized spacial score (nSPS) is 15.4. The number of nitrogens with zero attached hydrogens (tertiary/aromatic N) is 2. The highest BCUT2D eigenvalue weighted by Gasteiger charge is 2.36. The average molecular weight is 513 g/mol. The van der Waals surface area contributed by atoms with E-state index in [1.54, 1.807) is 0 Å². The summed E-state index contributed by atoms with van der Waals surface area (Å²) in [5.74, 6) is -4.84. The molecule has 1 aromatic heterocycles. The number of fused-ring (bicyclic) bond motifs is 1. The molecule has 1 aliphatic heterocycles. The van der Waals surface area contributed by atoms with Crippen molar-refractivity contribution in [2.24, 2.45) is 0 Å². The van der Waals surface area contributed by atoms with Gasteiger partial charge in [0.25, 0.3) is 5.91 Å². The zero-order valence-electron chi connectivity index (χ0n) is 17.6. The third kappa shape index (κ3) is 4.74. The highest BCUT2D eigenvalue weighted by atomic mass is 35.5. The maximum absolute atomic E-state index is 14.0. The largest absolute Gasteiger partial charge is 0.416 e. The van der Waals surface area contributed by atoms with E-state index in [-0.39, 0.29) is 40.5 Å². The Hall–Kier alpha value is -3.80. The molecule has 2 aromatic carbocycles. The first-order valence-electron chi connectivity index (χ1n) is 9.90. The van der Waals surface area contributed by atoms with E-state index in [1.165, 1.54) is 10.6 Å². The molecule has 182 valence electrons. The van der Waals surface area contributed by atoms with E-state index in [9.17, 15) is 36.3 Å². The van der Waals surface area contributed by atoms with E-state index in [0.717, 1.165) is 19.1 Å². The van der Waals surface area contributed by atoms with Crippen molar-refractivity contribution >= 4 is 35.0 Å². The van der Waals surface area contributed by atoms with Crippen molar-refractivity contribution in [3.05, 3.63) is 81.3 Å². The van der Waals surface area contributed by atoms with E-state index in [4.69, 9.17) is 11.6 Å². The van der Waals surface area contributed by atoms with Gasteiger partial charge in [-0.1, -0.05) is 11.6 Å². The molecule has 7 nitrogen and oxygen atoms in total. The van der Waals surface area contributed by atoms with E-state index >= 15 is 0 Å². The van der Waals surface area contributed by atoms with Gasteiger partial charge < -0.3 is 15.2 Å². The Labute approximate surface area is 198 Å². The number of nitrogens with one attached hydrogen (secondary N) is 2. The van der Waals surface area contributed by atoms with Crippen LogP contribution < -0.4 is 10.6 Å². The lowest BCUT2D eigenvalue weighted by Crippen LogP contribution is -2.40.